The van der Waals surface area contributed by atoms with Crippen LogP contribution in [0, 0.1) is 26.6 Å². The Morgan fingerprint density at radius 1 is 1.10 bits per heavy atom. The topological polar surface area (TPSA) is 46.4 Å². The van der Waals surface area contributed by atoms with Gasteiger partial charge in [-0.2, -0.15) is 0 Å². The van der Waals surface area contributed by atoms with Crippen LogP contribution in [0.25, 0.3) is 11.8 Å². The van der Waals surface area contributed by atoms with E-state index in [-0.39, 0.29) is 11.7 Å². The zero-order valence-corrected chi connectivity index (χ0v) is 19.1. The molecular formula is C23H19BrFN3OS. The molecule has 1 saturated heterocycles. The number of aryl methyl sites for hydroxylation is 2. The Kier molecular flexibility index (Phi) is 5.66. The zero-order valence-electron chi connectivity index (χ0n) is 16.7. The van der Waals surface area contributed by atoms with E-state index in [1.165, 1.54) is 23.9 Å². The fourth-order valence-electron chi connectivity index (χ4n) is 3.35. The molecule has 1 amide bonds. The molecule has 152 valence electrons. The summed E-state index contributed by atoms with van der Waals surface area (Å²) in [6.45, 7) is 6.16. The lowest BCUT2D eigenvalue weighted by Gasteiger charge is -2.11. The van der Waals surface area contributed by atoms with Gasteiger partial charge in [0.2, 0.25) is 0 Å². The van der Waals surface area contributed by atoms with Gasteiger partial charge >= 0.3 is 0 Å². The van der Waals surface area contributed by atoms with E-state index in [4.69, 9.17) is 0 Å². The summed E-state index contributed by atoms with van der Waals surface area (Å²) < 4.78 is 16.3. The van der Waals surface area contributed by atoms with Crippen LogP contribution in [0.1, 0.15) is 22.5 Å². The number of carbonyl (C=O) groups excluding carboxylic acids is 1. The van der Waals surface area contributed by atoms with E-state index in [1.54, 1.807) is 12.1 Å². The fourth-order valence-corrected chi connectivity index (χ4v) is 4.43. The van der Waals surface area contributed by atoms with Crippen LogP contribution in [0.5, 0.6) is 0 Å². The number of aromatic nitrogens is 1. The third kappa shape index (κ3) is 4.13. The summed E-state index contributed by atoms with van der Waals surface area (Å²) in [5.74, 6) is -0.510. The van der Waals surface area contributed by atoms with Gasteiger partial charge in [-0.3, -0.25) is 4.79 Å². The first-order valence-electron chi connectivity index (χ1n) is 9.32. The van der Waals surface area contributed by atoms with E-state index in [1.807, 2.05) is 19.1 Å². The van der Waals surface area contributed by atoms with Crippen molar-refractivity contribution >= 4 is 50.5 Å². The average molecular weight is 484 g/mol. The SMILES string of the molecule is Cc1cc(-n2c(C)cc(C=C3SC(=Nc4ccc(F)cc4)NC3=O)c2C)ccc1Br. The van der Waals surface area contributed by atoms with Crippen molar-refractivity contribution in [3.8, 4) is 5.69 Å². The average Bonchev–Trinajstić information content (AvgIpc) is 3.18. The van der Waals surface area contributed by atoms with Crippen LogP contribution in [0.4, 0.5) is 10.1 Å². The van der Waals surface area contributed by atoms with Gasteiger partial charge in [-0.25, -0.2) is 9.38 Å². The van der Waals surface area contributed by atoms with Crippen molar-refractivity contribution in [1.82, 2.24) is 9.88 Å². The second-order valence-corrected chi connectivity index (χ2v) is 8.94. The molecule has 0 aliphatic carbocycles. The summed E-state index contributed by atoms with van der Waals surface area (Å²) in [7, 11) is 0. The number of carbonyl (C=O) groups is 1. The molecule has 3 aromatic rings. The minimum atomic E-state index is -0.320. The Bertz CT molecular complexity index is 1210. The molecule has 7 heteroatoms. The molecule has 0 unspecified atom stereocenters. The van der Waals surface area contributed by atoms with Crippen molar-refractivity contribution in [2.45, 2.75) is 20.8 Å². The highest BCUT2D eigenvalue weighted by Crippen LogP contribution is 2.31. The molecule has 1 fully saturated rings. The van der Waals surface area contributed by atoms with Gasteiger partial charge in [0.15, 0.2) is 5.17 Å². The van der Waals surface area contributed by atoms with E-state index in [0.717, 1.165) is 32.7 Å². The lowest BCUT2D eigenvalue weighted by Crippen LogP contribution is -2.19. The summed E-state index contributed by atoms with van der Waals surface area (Å²) >= 11 is 4.82. The van der Waals surface area contributed by atoms with E-state index < -0.39 is 0 Å². The number of hydrogen-bond donors (Lipinski definition) is 1. The lowest BCUT2D eigenvalue weighted by molar-refractivity contribution is -0.115. The monoisotopic (exact) mass is 483 g/mol. The van der Waals surface area contributed by atoms with Crippen LogP contribution in [0.15, 0.2) is 62.9 Å². The Hall–Kier alpha value is -2.64. The molecule has 0 bridgehead atoms. The highest BCUT2D eigenvalue weighted by molar-refractivity contribution is 9.10. The van der Waals surface area contributed by atoms with Crippen LogP contribution >= 0.6 is 27.7 Å². The maximum Gasteiger partial charge on any atom is 0.264 e. The number of rotatable bonds is 3. The molecule has 4 rings (SSSR count). The van der Waals surface area contributed by atoms with Crippen LogP contribution in [0.2, 0.25) is 0 Å². The molecule has 4 nitrogen and oxygen atoms in total. The van der Waals surface area contributed by atoms with Crippen molar-refractivity contribution in [3.05, 3.63) is 86.2 Å². The van der Waals surface area contributed by atoms with Crippen molar-refractivity contribution in [3.63, 3.8) is 0 Å². The molecular weight excluding hydrogens is 465 g/mol. The minimum Gasteiger partial charge on any atom is -0.318 e. The second-order valence-electron chi connectivity index (χ2n) is 7.05. The van der Waals surface area contributed by atoms with E-state index in [9.17, 15) is 9.18 Å². The molecule has 0 atom stereocenters. The maximum absolute atomic E-state index is 13.1. The minimum absolute atomic E-state index is 0.190. The number of nitrogens with zero attached hydrogens (tertiary/aromatic N) is 2. The molecule has 2 heterocycles. The van der Waals surface area contributed by atoms with Crippen LogP contribution in [-0.4, -0.2) is 15.6 Å². The molecule has 0 radical (unpaired) electrons. The Morgan fingerprint density at radius 2 is 1.83 bits per heavy atom. The number of hydrogen-bond acceptors (Lipinski definition) is 3. The molecule has 1 aromatic heterocycles. The van der Waals surface area contributed by atoms with E-state index in [2.05, 4.69) is 62.9 Å². The van der Waals surface area contributed by atoms with Gasteiger partial charge in [0.1, 0.15) is 5.82 Å². The van der Waals surface area contributed by atoms with Crippen molar-refractivity contribution in [2.75, 3.05) is 0 Å². The highest BCUT2D eigenvalue weighted by Gasteiger charge is 2.24. The summed E-state index contributed by atoms with van der Waals surface area (Å²) in [4.78, 5) is 17.4. The van der Waals surface area contributed by atoms with Crippen molar-refractivity contribution in [1.29, 1.82) is 0 Å². The Morgan fingerprint density at radius 3 is 2.53 bits per heavy atom. The third-order valence-corrected chi connectivity index (χ3v) is 6.66. The predicted octanol–water partition coefficient (Wildman–Crippen LogP) is 6.20. The largest absolute Gasteiger partial charge is 0.318 e. The Balaban J connectivity index is 1.64. The van der Waals surface area contributed by atoms with Gasteiger partial charge in [-0.05, 0) is 98.3 Å². The lowest BCUT2D eigenvalue weighted by atomic mass is 10.2. The van der Waals surface area contributed by atoms with E-state index >= 15 is 0 Å². The summed E-state index contributed by atoms with van der Waals surface area (Å²) in [6.07, 6.45) is 1.89. The van der Waals surface area contributed by atoms with Crippen LogP contribution in [0.3, 0.4) is 0 Å². The summed E-state index contributed by atoms with van der Waals surface area (Å²) in [5, 5.41) is 3.26. The first kappa shape index (κ1) is 20.6. The number of amides is 1. The van der Waals surface area contributed by atoms with Gasteiger partial charge < -0.3 is 9.88 Å². The van der Waals surface area contributed by atoms with Crippen LogP contribution < -0.4 is 5.32 Å². The number of halogens is 2. The number of amidine groups is 1. The summed E-state index contributed by atoms with van der Waals surface area (Å²) in [6, 6.07) is 14.1. The fraction of sp³-hybridized carbons (Fsp3) is 0.130. The van der Waals surface area contributed by atoms with Crippen LogP contribution in [-0.2, 0) is 4.79 Å². The predicted molar refractivity (Wildman–Crippen MR) is 125 cm³/mol. The maximum atomic E-state index is 13.1. The first-order valence-corrected chi connectivity index (χ1v) is 10.9. The highest BCUT2D eigenvalue weighted by atomic mass is 79.9. The molecule has 0 spiro atoms. The van der Waals surface area contributed by atoms with Crippen molar-refractivity contribution in [2.24, 2.45) is 4.99 Å². The third-order valence-electron chi connectivity index (χ3n) is 4.86. The normalized spacial score (nSPS) is 16.5. The zero-order chi connectivity index (χ0) is 21.4. The van der Waals surface area contributed by atoms with E-state index in [0.29, 0.717) is 15.8 Å². The van der Waals surface area contributed by atoms with Gasteiger partial charge in [-0.15, -0.1) is 0 Å². The molecule has 1 aliphatic heterocycles. The molecule has 0 saturated carbocycles. The molecule has 2 aromatic carbocycles. The van der Waals surface area contributed by atoms with Gasteiger partial charge in [0, 0.05) is 21.5 Å². The van der Waals surface area contributed by atoms with Gasteiger partial charge in [-0.1, -0.05) is 15.9 Å². The second kappa shape index (κ2) is 8.24. The standard InChI is InChI=1S/C23H19BrFN3OS/c1-13-10-19(8-9-20(13)24)28-14(2)11-16(15(28)3)12-21-22(29)27-23(30-21)26-18-6-4-17(25)5-7-18/h4-12H,1-3H3,(H,26,27,29). The number of aliphatic imine (C=N–C) groups is 1. The number of benzene rings is 2. The first-order chi connectivity index (χ1) is 14.3. The number of thioether (sulfide) groups is 1. The van der Waals surface area contributed by atoms with Crippen molar-refractivity contribution < 1.29 is 9.18 Å². The summed E-state index contributed by atoms with van der Waals surface area (Å²) in [5.41, 5.74) is 5.95. The quantitative estimate of drug-likeness (QED) is 0.451. The molecule has 1 N–H and O–H groups in total. The van der Waals surface area contributed by atoms with Gasteiger partial charge in [0.25, 0.3) is 5.91 Å². The Labute approximate surface area is 187 Å². The molecule has 1 aliphatic rings. The van der Waals surface area contributed by atoms with Gasteiger partial charge in [0.05, 0.1) is 10.6 Å². The molecule has 30 heavy (non-hydrogen) atoms. The number of nitrogens with one attached hydrogen (secondary N) is 1. The smallest absolute Gasteiger partial charge is 0.264 e.